The number of hydrogen-bond acceptors (Lipinski definition) is 4. The molecule has 1 atom stereocenters. The highest BCUT2D eigenvalue weighted by Crippen LogP contribution is 2.27. The van der Waals surface area contributed by atoms with Gasteiger partial charge in [-0.05, 0) is 61.6 Å². The molecule has 3 aromatic rings. The molecule has 0 heterocycles. The molecule has 7 nitrogen and oxygen atoms in total. The quantitative estimate of drug-likeness (QED) is 0.334. The van der Waals surface area contributed by atoms with Crippen LogP contribution < -0.4 is 9.62 Å². The molecule has 0 aliphatic rings. The van der Waals surface area contributed by atoms with Gasteiger partial charge in [-0.25, -0.2) is 8.42 Å². The Bertz CT molecular complexity index is 1360. The van der Waals surface area contributed by atoms with Crippen molar-refractivity contribution in [3.05, 3.63) is 95.6 Å². The first-order valence-electron chi connectivity index (χ1n) is 13.4. The Balaban J connectivity index is 2.06. The number of benzene rings is 3. The summed E-state index contributed by atoms with van der Waals surface area (Å²) < 4.78 is 28.9. The third-order valence-electron chi connectivity index (χ3n) is 6.63. The van der Waals surface area contributed by atoms with Crippen LogP contribution in [0.15, 0.2) is 83.8 Å². The van der Waals surface area contributed by atoms with E-state index < -0.39 is 28.5 Å². The number of hydrogen-bond donors (Lipinski definition) is 1. The molecule has 0 bridgehead atoms. The summed E-state index contributed by atoms with van der Waals surface area (Å²) >= 11 is 0. The molecule has 3 aromatic carbocycles. The third-order valence-corrected chi connectivity index (χ3v) is 8.42. The number of likely N-dealkylation sites (N-methyl/N-ethyl adjacent to an activating group) is 1. The summed E-state index contributed by atoms with van der Waals surface area (Å²) in [5.74, 6) is -0.450. The number of amides is 2. The normalized spacial score (nSPS) is 12.2. The van der Waals surface area contributed by atoms with E-state index in [1.807, 2.05) is 57.2 Å². The fourth-order valence-corrected chi connectivity index (χ4v) is 5.93. The number of anilines is 1. The maximum Gasteiger partial charge on any atom is 0.264 e. The fourth-order valence-electron chi connectivity index (χ4n) is 4.49. The minimum Gasteiger partial charge on any atom is -0.355 e. The second kappa shape index (κ2) is 13.4. The van der Waals surface area contributed by atoms with Crippen molar-refractivity contribution in [3.63, 3.8) is 0 Å². The molecule has 0 saturated heterocycles. The second-order valence-corrected chi connectivity index (χ2v) is 11.8. The lowest BCUT2D eigenvalue weighted by atomic mass is 10.0. The Morgan fingerprint density at radius 2 is 1.56 bits per heavy atom. The molecule has 208 valence electrons. The van der Waals surface area contributed by atoms with Crippen LogP contribution >= 0.6 is 0 Å². The maximum atomic E-state index is 14.0. The number of carbonyl (C=O) groups excluding carboxylic acids is 2. The first kappa shape index (κ1) is 29.9. The van der Waals surface area contributed by atoms with E-state index >= 15 is 0 Å². The Morgan fingerprint density at radius 3 is 2.13 bits per heavy atom. The van der Waals surface area contributed by atoms with Gasteiger partial charge in [-0.15, -0.1) is 0 Å². The van der Waals surface area contributed by atoms with Crippen molar-refractivity contribution < 1.29 is 18.0 Å². The predicted molar refractivity (Wildman–Crippen MR) is 156 cm³/mol. The molecular weight excluding hydrogens is 510 g/mol. The Kier molecular flexibility index (Phi) is 10.3. The molecule has 0 radical (unpaired) electrons. The fraction of sp³-hybridized carbons (Fsp3) is 0.355. The van der Waals surface area contributed by atoms with Crippen LogP contribution in [-0.2, 0) is 26.2 Å². The topological polar surface area (TPSA) is 86.8 Å². The van der Waals surface area contributed by atoms with Crippen LogP contribution in [0.25, 0.3) is 0 Å². The first-order valence-corrected chi connectivity index (χ1v) is 14.8. The first-order chi connectivity index (χ1) is 18.6. The summed E-state index contributed by atoms with van der Waals surface area (Å²) in [6.45, 7) is 9.93. The molecule has 8 heteroatoms. The maximum absolute atomic E-state index is 14.0. The van der Waals surface area contributed by atoms with E-state index in [2.05, 4.69) is 19.2 Å². The van der Waals surface area contributed by atoms with Crippen molar-refractivity contribution in [3.8, 4) is 0 Å². The Hall–Kier alpha value is -3.65. The summed E-state index contributed by atoms with van der Waals surface area (Å²) in [5, 5.41) is 2.82. The van der Waals surface area contributed by atoms with E-state index in [0.717, 1.165) is 21.0 Å². The van der Waals surface area contributed by atoms with Gasteiger partial charge in [-0.2, -0.15) is 0 Å². The van der Waals surface area contributed by atoms with Gasteiger partial charge < -0.3 is 10.2 Å². The molecule has 0 aromatic heterocycles. The number of sulfonamides is 1. The lowest BCUT2D eigenvalue weighted by Crippen LogP contribution is -2.52. The second-order valence-electron chi connectivity index (χ2n) is 9.90. The lowest BCUT2D eigenvalue weighted by Gasteiger charge is -2.33. The summed E-state index contributed by atoms with van der Waals surface area (Å²) in [7, 11) is -4.07. The average Bonchev–Trinajstić information content (AvgIpc) is 2.92. The predicted octanol–water partition coefficient (Wildman–Crippen LogP) is 5.26. The smallest absolute Gasteiger partial charge is 0.264 e. The van der Waals surface area contributed by atoms with Crippen LogP contribution in [0.2, 0.25) is 0 Å². The highest BCUT2D eigenvalue weighted by Gasteiger charge is 2.33. The van der Waals surface area contributed by atoms with Crippen molar-refractivity contribution in [1.82, 2.24) is 10.2 Å². The molecule has 2 amide bonds. The zero-order valence-corrected chi connectivity index (χ0v) is 24.2. The van der Waals surface area contributed by atoms with Gasteiger partial charge >= 0.3 is 0 Å². The Labute approximate surface area is 232 Å². The van der Waals surface area contributed by atoms with E-state index in [1.54, 1.807) is 30.3 Å². The molecule has 0 spiro atoms. The van der Waals surface area contributed by atoms with Crippen LogP contribution in [0.1, 0.15) is 56.7 Å². The van der Waals surface area contributed by atoms with E-state index in [-0.39, 0.29) is 23.3 Å². The van der Waals surface area contributed by atoms with Gasteiger partial charge in [0, 0.05) is 13.1 Å². The summed E-state index contributed by atoms with van der Waals surface area (Å²) in [5.41, 5.74) is 3.35. The number of nitrogens with zero attached hydrogens (tertiary/aromatic N) is 2. The van der Waals surface area contributed by atoms with Crippen LogP contribution in [0.4, 0.5) is 5.69 Å². The monoisotopic (exact) mass is 549 g/mol. The van der Waals surface area contributed by atoms with Crippen molar-refractivity contribution in [2.45, 2.75) is 64.4 Å². The number of nitrogens with one attached hydrogen (secondary N) is 1. The van der Waals surface area contributed by atoms with Gasteiger partial charge in [0.15, 0.2) is 0 Å². The van der Waals surface area contributed by atoms with E-state index in [1.165, 1.54) is 17.0 Å². The highest BCUT2D eigenvalue weighted by atomic mass is 32.2. The molecule has 3 rings (SSSR count). The molecule has 39 heavy (non-hydrogen) atoms. The van der Waals surface area contributed by atoms with Gasteiger partial charge in [-0.3, -0.25) is 13.9 Å². The molecular formula is C31H39N3O4S. The average molecular weight is 550 g/mol. The molecule has 1 N–H and O–H groups in total. The number of rotatable bonds is 12. The van der Waals surface area contributed by atoms with Crippen LogP contribution in [0.3, 0.4) is 0 Å². The summed E-state index contributed by atoms with van der Waals surface area (Å²) in [6, 6.07) is 22.3. The lowest BCUT2D eigenvalue weighted by molar-refractivity contribution is -0.140. The third kappa shape index (κ3) is 7.47. The van der Waals surface area contributed by atoms with E-state index in [4.69, 9.17) is 0 Å². The van der Waals surface area contributed by atoms with Gasteiger partial charge in [-0.1, -0.05) is 80.9 Å². The SMILES string of the molecule is CCNC(=O)C(CC)N(Cc1cccc(C)c1)C(=O)CN(c1ccc(C(C)C)cc1)S(=O)(=O)c1ccccc1. The zero-order valence-electron chi connectivity index (χ0n) is 23.4. The van der Waals surface area contributed by atoms with Crippen LogP contribution in [-0.4, -0.2) is 44.3 Å². The molecule has 0 saturated carbocycles. The van der Waals surface area contributed by atoms with Gasteiger partial charge in [0.25, 0.3) is 10.0 Å². The minimum atomic E-state index is -4.07. The van der Waals surface area contributed by atoms with Gasteiger partial charge in [0.1, 0.15) is 12.6 Å². The number of aryl methyl sites for hydroxylation is 1. The molecule has 0 fully saturated rings. The van der Waals surface area contributed by atoms with E-state index in [0.29, 0.717) is 18.7 Å². The Morgan fingerprint density at radius 1 is 0.897 bits per heavy atom. The zero-order chi connectivity index (χ0) is 28.6. The molecule has 0 aliphatic heterocycles. The van der Waals surface area contributed by atoms with Crippen LogP contribution in [0, 0.1) is 6.92 Å². The van der Waals surface area contributed by atoms with Crippen molar-refractivity contribution in [2.24, 2.45) is 0 Å². The van der Waals surface area contributed by atoms with Crippen molar-refractivity contribution in [2.75, 3.05) is 17.4 Å². The highest BCUT2D eigenvalue weighted by molar-refractivity contribution is 7.92. The van der Waals surface area contributed by atoms with Gasteiger partial charge in [0.2, 0.25) is 11.8 Å². The number of carbonyl (C=O) groups is 2. The summed E-state index contributed by atoms with van der Waals surface area (Å²) in [6.07, 6.45) is 0.387. The largest absolute Gasteiger partial charge is 0.355 e. The standard InChI is InChI=1S/C31H39N3O4S/c1-6-29(31(36)32-7-2)33(21-25-13-11-12-24(5)20-25)30(35)22-34(27-18-16-26(17-19-27)23(3)4)39(37,38)28-14-9-8-10-15-28/h8-20,23,29H,6-7,21-22H2,1-5H3,(H,32,36). The van der Waals surface area contributed by atoms with Crippen molar-refractivity contribution in [1.29, 1.82) is 0 Å². The van der Waals surface area contributed by atoms with Gasteiger partial charge in [0.05, 0.1) is 10.6 Å². The molecule has 1 unspecified atom stereocenters. The summed E-state index contributed by atoms with van der Waals surface area (Å²) in [4.78, 5) is 28.6. The molecule has 0 aliphatic carbocycles. The van der Waals surface area contributed by atoms with Crippen LogP contribution in [0.5, 0.6) is 0 Å². The minimum absolute atomic E-state index is 0.0896. The van der Waals surface area contributed by atoms with Crippen molar-refractivity contribution >= 4 is 27.5 Å². The van der Waals surface area contributed by atoms with E-state index in [9.17, 15) is 18.0 Å².